The highest BCUT2D eigenvalue weighted by Gasteiger charge is 2.03. The molecule has 0 aliphatic carbocycles. The molecule has 78 valence electrons. The van der Waals surface area contributed by atoms with Crippen LogP contribution in [-0.2, 0) is 4.79 Å². The smallest absolute Gasteiger partial charge is 0.259 e. The molecule has 0 spiro atoms. The first-order valence-corrected chi connectivity index (χ1v) is 4.69. The zero-order valence-electron chi connectivity index (χ0n) is 8.40. The van der Waals surface area contributed by atoms with Crippen molar-refractivity contribution in [2.45, 2.75) is 0 Å². The molecule has 2 rings (SSSR count). The summed E-state index contributed by atoms with van der Waals surface area (Å²) in [5, 5.41) is 9.73. The first-order valence-electron chi connectivity index (χ1n) is 4.69. The van der Waals surface area contributed by atoms with E-state index in [1.807, 2.05) is 30.5 Å². The van der Waals surface area contributed by atoms with Gasteiger partial charge in [-0.05, 0) is 35.2 Å². The quantitative estimate of drug-likeness (QED) is 0.583. The summed E-state index contributed by atoms with van der Waals surface area (Å²) < 4.78 is 0. The maximum Gasteiger partial charge on any atom is 0.259 e. The van der Waals surface area contributed by atoms with Crippen LogP contribution in [0.15, 0.2) is 36.0 Å². The Balaban J connectivity index is 2.48. The zero-order valence-corrected chi connectivity index (χ0v) is 8.40. The SMILES string of the molecule is N#CC(=Cc1ccc2[nH]ccc2c1)C(N)=O. The number of H-pyrrole nitrogens is 1. The van der Waals surface area contributed by atoms with Crippen molar-refractivity contribution < 1.29 is 4.79 Å². The lowest BCUT2D eigenvalue weighted by atomic mass is 10.1. The number of aromatic amines is 1. The number of nitrogens with one attached hydrogen (secondary N) is 1. The standard InChI is InChI=1S/C12H9N3O/c13-7-10(12(14)16)6-8-1-2-11-9(5-8)3-4-15-11/h1-6,15H,(H2,14,16). The fourth-order valence-corrected chi connectivity index (χ4v) is 1.49. The second-order valence-corrected chi connectivity index (χ2v) is 3.36. The third kappa shape index (κ3) is 1.79. The van der Waals surface area contributed by atoms with Gasteiger partial charge < -0.3 is 10.7 Å². The number of nitrogens with zero attached hydrogens (tertiary/aromatic N) is 1. The lowest BCUT2D eigenvalue weighted by Crippen LogP contribution is -2.12. The van der Waals surface area contributed by atoms with E-state index < -0.39 is 5.91 Å². The van der Waals surface area contributed by atoms with E-state index in [0.717, 1.165) is 16.5 Å². The number of hydrogen-bond donors (Lipinski definition) is 2. The van der Waals surface area contributed by atoms with Crippen LogP contribution >= 0.6 is 0 Å². The Morgan fingerprint density at radius 2 is 2.25 bits per heavy atom. The van der Waals surface area contributed by atoms with Gasteiger partial charge in [-0.2, -0.15) is 5.26 Å². The number of nitriles is 1. The Kier molecular flexibility index (Phi) is 2.44. The van der Waals surface area contributed by atoms with Gasteiger partial charge in [0.25, 0.3) is 5.91 Å². The highest BCUT2D eigenvalue weighted by Crippen LogP contribution is 2.16. The minimum Gasteiger partial charge on any atom is -0.365 e. The molecule has 1 heterocycles. The molecule has 1 amide bonds. The van der Waals surface area contributed by atoms with E-state index in [0.29, 0.717) is 0 Å². The average Bonchev–Trinajstić information content (AvgIpc) is 2.72. The average molecular weight is 211 g/mol. The Hall–Kier alpha value is -2.54. The Bertz CT molecular complexity index is 616. The normalized spacial score (nSPS) is 11.3. The molecule has 0 unspecified atom stereocenters. The molecule has 4 heteroatoms. The molecule has 0 aliphatic heterocycles. The van der Waals surface area contributed by atoms with Crippen LogP contribution in [0.25, 0.3) is 17.0 Å². The van der Waals surface area contributed by atoms with Crippen LogP contribution in [-0.4, -0.2) is 10.9 Å². The molecule has 0 bridgehead atoms. The van der Waals surface area contributed by atoms with Crippen molar-refractivity contribution in [2.24, 2.45) is 5.73 Å². The van der Waals surface area contributed by atoms with Crippen LogP contribution in [0.3, 0.4) is 0 Å². The fourth-order valence-electron chi connectivity index (χ4n) is 1.49. The summed E-state index contributed by atoms with van der Waals surface area (Å²) in [6, 6.07) is 9.28. The minimum atomic E-state index is -0.711. The number of carbonyl (C=O) groups excluding carboxylic acids is 1. The van der Waals surface area contributed by atoms with Gasteiger partial charge in [-0.1, -0.05) is 6.07 Å². The van der Waals surface area contributed by atoms with E-state index >= 15 is 0 Å². The summed E-state index contributed by atoms with van der Waals surface area (Å²) in [5.41, 5.74) is 6.79. The van der Waals surface area contributed by atoms with Crippen molar-refractivity contribution in [3.05, 3.63) is 41.6 Å². The van der Waals surface area contributed by atoms with Gasteiger partial charge in [0.2, 0.25) is 0 Å². The second kappa shape index (κ2) is 3.91. The summed E-state index contributed by atoms with van der Waals surface area (Å²) in [6.07, 6.45) is 3.31. The van der Waals surface area contributed by atoms with Crippen LogP contribution in [0.4, 0.5) is 0 Å². The Labute approximate surface area is 92.0 Å². The predicted molar refractivity (Wildman–Crippen MR) is 61.1 cm³/mol. The number of hydrogen-bond acceptors (Lipinski definition) is 2. The maximum atomic E-state index is 10.9. The molecule has 2 aromatic rings. The van der Waals surface area contributed by atoms with Gasteiger partial charge in [-0.3, -0.25) is 4.79 Å². The summed E-state index contributed by atoms with van der Waals surface area (Å²) in [4.78, 5) is 13.9. The molecule has 0 atom stereocenters. The number of primary amides is 1. The molecule has 0 radical (unpaired) electrons. The molecule has 1 aromatic carbocycles. The number of aromatic nitrogens is 1. The molecule has 4 nitrogen and oxygen atoms in total. The maximum absolute atomic E-state index is 10.9. The molecule has 3 N–H and O–H groups in total. The molecule has 1 aromatic heterocycles. The monoisotopic (exact) mass is 211 g/mol. The molecule has 0 saturated heterocycles. The van der Waals surface area contributed by atoms with E-state index in [4.69, 9.17) is 11.0 Å². The predicted octanol–water partition coefficient (Wildman–Crippen LogP) is 1.56. The second-order valence-electron chi connectivity index (χ2n) is 3.36. The number of fused-ring (bicyclic) bond motifs is 1. The molecular formula is C12H9N3O. The number of carbonyl (C=O) groups is 1. The highest BCUT2D eigenvalue weighted by molar-refractivity contribution is 6.01. The largest absolute Gasteiger partial charge is 0.365 e. The third-order valence-corrected chi connectivity index (χ3v) is 2.27. The lowest BCUT2D eigenvalue weighted by Gasteiger charge is -1.95. The summed E-state index contributed by atoms with van der Waals surface area (Å²) >= 11 is 0. The Morgan fingerprint density at radius 3 is 2.94 bits per heavy atom. The van der Waals surface area contributed by atoms with Gasteiger partial charge >= 0.3 is 0 Å². The minimum absolute atomic E-state index is 0.0464. The van der Waals surface area contributed by atoms with E-state index in [1.165, 1.54) is 6.08 Å². The van der Waals surface area contributed by atoms with Crippen LogP contribution in [0.5, 0.6) is 0 Å². The van der Waals surface area contributed by atoms with Gasteiger partial charge in [-0.15, -0.1) is 0 Å². The van der Waals surface area contributed by atoms with Crippen LogP contribution < -0.4 is 5.73 Å². The van der Waals surface area contributed by atoms with Crippen molar-refractivity contribution in [1.82, 2.24) is 4.98 Å². The fraction of sp³-hybridized carbons (Fsp3) is 0. The van der Waals surface area contributed by atoms with Crippen LogP contribution in [0.2, 0.25) is 0 Å². The number of rotatable bonds is 2. The van der Waals surface area contributed by atoms with Crippen molar-refractivity contribution >= 4 is 22.9 Å². The number of benzene rings is 1. The number of nitrogens with two attached hydrogens (primary N) is 1. The van der Waals surface area contributed by atoms with Crippen LogP contribution in [0.1, 0.15) is 5.56 Å². The van der Waals surface area contributed by atoms with Gasteiger partial charge in [0.15, 0.2) is 0 Å². The third-order valence-electron chi connectivity index (χ3n) is 2.27. The Morgan fingerprint density at radius 1 is 1.44 bits per heavy atom. The van der Waals surface area contributed by atoms with E-state index in [9.17, 15) is 4.79 Å². The van der Waals surface area contributed by atoms with Gasteiger partial charge in [0, 0.05) is 11.7 Å². The summed E-state index contributed by atoms with van der Waals surface area (Å²) in [7, 11) is 0. The molecule has 0 aliphatic rings. The summed E-state index contributed by atoms with van der Waals surface area (Å²) in [5.74, 6) is -0.711. The van der Waals surface area contributed by atoms with Gasteiger partial charge in [0.05, 0.1) is 0 Å². The van der Waals surface area contributed by atoms with Gasteiger partial charge in [-0.25, -0.2) is 0 Å². The molecule has 16 heavy (non-hydrogen) atoms. The molecule has 0 saturated carbocycles. The molecule has 0 fully saturated rings. The first-order chi connectivity index (χ1) is 7.70. The highest BCUT2D eigenvalue weighted by atomic mass is 16.1. The van der Waals surface area contributed by atoms with Crippen molar-refractivity contribution in [1.29, 1.82) is 5.26 Å². The van der Waals surface area contributed by atoms with Crippen molar-refractivity contribution in [3.63, 3.8) is 0 Å². The summed E-state index contributed by atoms with van der Waals surface area (Å²) in [6.45, 7) is 0. The topological polar surface area (TPSA) is 82.7 Å². The van der Waals surface area contributed by atoms with Gasteiger partial charge in [0.1, 0.15) is 11.6 Å². The first kappa shape index (κ1) is 9.99. The van der Waals surface area contributed by atoms with Crippen molar-refractivity contribution in [2.75, 3.05) is 0 Å². The zero-order chi connectivity index (χ0) is 11.5. The van der Waals surface area contributed by atoms with Crippen LogP contribution in [0, 0.1) is 11.3 Å². The van der Waals surface area contributed by atoms with E-state index in [1.54, 1.807) is 6.07 Å². The number of amides is 1. The van der Waals surface area contributed by atoms with Crippen molar-refractivity contribution in [3.8, 4) is 6.07 Å². The van der Waals surface area contributed by atoms with E-state index in [-0.39, 0.29) is 5.57 Å². The lowest BCUT2D eigenvalue weighted by molar-refractivity contribution is -0.114. The van der Waals surface area contributed by atoms with E-state index in [2.05, 4.69) is 4.98 Å². The molecular weight excluding hydrogens is 202 g/mol.